The highest BCUT2D eigenvalue weighted by molar-refractivity contribution is 6.13. The van der Waals surface area contributed by atoms with Gasteiger partial charge in [0.05, 0.1) is 14.2 Å². The van der Waals surface area contributed by atoms with Gasteiger partial charge in [-0.2, -0.15) is 0 Å². The summed E-state index contributed by atoms with van der Waals surface area (Å²) in [5, 5.41) is 1.61. The second kappa shape index (κ2) is 8.23. The first kappa shape index (κ1) is 21.5. The molecule has 0 aliphatic carbocycles. The Hall–Kier alpha value is -4.32. The van der Waals surface area contributed by atoms with Gasteiger partial charge in [-0.25, -0.2) is 0 Å². The molecular weight excluding hydrogens is 432 g/mol. The van der Waals surface area contributed by atoms with Crippen molar-refractivity contribution in [2.45, 2.75) is 13.8 Å². The molecule has 0 bridgehead atoms. The Morgan fingerprint density at radius 1 is 0.618 bits per heavy atom. The lowest BCUT2D eigenvalue weighted by Gasteiger charge is -2.02. The maximum Gasteiger partial charge on any atom is 0.228 e. The summed E-state index contributed by atoms with van der Waals surface area (Å²) in [5.41, 5.74) is 3.55. The molecular formula is C28H22O6. The number of furan rings is 2. The zero-order valence-corrected chi connectivity index (χ0v) is 19.2. The summed E-state index contributed by atoms with van der Waals surface area (Å²) in [7, 11) is 3.15. The third kappa shape index (κ3) is 3.44. The van der Waals surface area contributed by atoms with Gasteiger partial charge in [0.1, 0.15) is 22.7 Å². The number of aryl methyl sites for hydroxylation is 2. The summed E-state index contributed by atoms with van der Waals surface area (Å²) >= 11 is 0. The molecule has 5 rings (SSSR count). The molecule has 170 valence electrons. The largest absolute Gasteiger partial charge is 0.497 e. The van der Waals surface area contributed by atoms with Crippen LogP contribution < -0.4 is 9.47 Å². The van der Waals surface area contributed by atoms with E-state index in [1.165, 1.54) is 0 Å². The van der Waals surface area contributed by atoms with Crippen molar-refractivity contribution in [2.24, 2.45) is 0 Å². The second-order valence-corrected chi connectivity index (χ2v) is 8.07. The number of benzene rings is 3. The van der Waals surface area contributed by atoms with Gasteiger partial charge >= 0.3 is 0 Å². The molecule has 34 heavy (non-hydrogen) atoms. The SMILES string of the molecule is COc1ccc(C(=O)c2oc3cc4oc(C(=O)c5ccc(OC)cc5)c(C)c4cc3c2C)cc1. The second-order valence-electron chi connectivity index (χ2n) is 8.07. The minimum atomic E-state index is -0.208. The van der Waals surface area contributed by atoms with Gasteiger partial charge in [-0.15, -0.1) is 0 Å². The van der Waals surface area contributed by atoms with Crippen molar-refractivity contribution in [3.63, 3.8) is 0 Å². The third-order valence-electron chi connectivity index (χ3n) is 6.11. The molecule has 0 spiro atoms. The van der Waals surface area contributed by atoms with E-state index in [9.17, 15) is 9.59 Å². The number of ketones is 2. The predicted molar refractivity (Wildman–Crippen MR) is 128 cm³/mol. The first-order chi connectivity index (χ1) is 16.4. The zero-order valence-electron chi connectivity index (χ0n) is 19.2. The Balaban J connectivity index is 1.55. The van der Waals surface area contributed by atoms with Gasteiger partial charge < -0.3 is 18.3 Å². The normalized spacial score (nSPS) is 11.2. The molecule has 5 aromatic rings. The molecule has 0 radical (unpaired) electrons. The van der Waals surface area contributed by atoms with E-state index in [2.05, 4.69) is 0 Å². The van der Waals surface area contributed by atoms with E-state index < -0.39 is 0 Å². The molecule has 0 aliphatic rings. The summed E-state index contributed by atoms with van der Waals surface area (Å²) in [4.78, 5) is 26.1. The number of fused-ring (bicyclic) bond motifs is 2. The lowest BCUT2D eigenvalue weighted by molar-refractivity contribution is 0.100. The number of methoxy groups -OCH3 is 2. The predicted octanol–water partition coefficient (Wildman–Crippen LogP) is 6.28. The van der Waals surface area contributed by atoms with Crippen molar-refractivity contribution in [1.82, 2.24) is 0 Å². The van der Waals surface area contributed by atoms with Crippen molar-refractivity contribution in [3.05, 3.63) is 94.4 Å². The van der Waals surface area contributed by atoms with E-state index in [-0.39, 0.29) is 23.1 Å². The molecule has 3 aromatic carbocycles. The van der Waals surface area contributed by atoms with Crippen molar-refractivity contribution >= 4 is 33.5 Å². The van der Waals surface area contributed by atoms with E-state index in [0.29, 0.717) is 33.8 Å². The van der Waals surface area contributed by atoms with Gasteiger partial charge in [-0.1, -0.05) is 0 Å². The molecule has 0 amide bonds. The highest BCUT2D eigenvalue weighted by Crippen LogP contribution is 2.35. The van der Waals surface area contributed by atoms with Crippen molar-refractivity contribution in [2.75, 3.05) is 14.2 Å². The maximum atomic E-state index is 13.1. The molecule has 6 heteroatoms. The first-order valence-electron chi connectivity index (χ1n) is 10.7. The van der Waals surface area contributed by atoms with Crippen LogP contribution >= 0.6 is 0 Å². The van der Waals surface area contributed by atoms with Gasteiger partial charge in [0.2, 0.25) is 11.6 Å². The van der Waals surface area contributed by atoms with Gasteiger partial charge in [0.15, 0.2) is 11.5 Å². The zero-order chi connectivity index (χ0) is 24.0. The molecule has 2 heterocycles. The van der Waals surface area contributed by atoms with Crippen LogP contribution in [0.5, 0.6) is 11.5 Å². The summed E-state index contributed by atoms with van der Waals surface area (Å²) in [6, 6.07) is 17.4. The molecule has 2 aromatic heterocycles. The Labute approximate surface area is 195 Å². The van der Waals surface area contributed by atoms with Crippen molar-refractivity contribution < 1.29 is 27.9 Å². The average Bonchev–Trinajstić information content (AvgIpc) is 3.38. The molecule has 0 saturated heterocycles. The van der Waals surface area contributed by atoms with Crippen LogP contribution in [0.3, 0.4) is 0 Å². The molecule has 0 fully saturated rings. The van der Waals surface area contributed by atoms with Gasteiger partial charge in [0.25, 0.3) is 0 Å². The minimum absolute atomic E-state index is 0.208. The molecule has 0 atom stereocenters. The minimum Gasteiger partial charge on any atom is -0.497 e. The number of carbonyl (C=O) groups is 2. The van der Waals surface area contributed by atoms with Gasteiger partial charge in [-0.3, -0.25) is 9.59 Å². The standard InChI is InChI=1S/C28H22O6/c1-15-21-13-22-16(2)28(26(30)18-7-11-20(32-4)12-8-18)34-24(22)14-23(21)33-27(15)25(29)17-5-9-19(31-3)10-6-17/h5-14H,1-4H3. The fourth-order valence-electron chi connectivity index (χ4n) is 4.11. The Kier molecular flexibility index (Phi) is 5.21. The van der Waals surface area contributed by atoms with Crippen LogP contribution in [-0.2, 0) is 0 Å². The number of hydrogen-bond donors (Lipinski definition) is 0. The molecule has 6 nitrogen and oxygen atoms in total. The Morgan fingerprint density at radius 2 is 1.00 bits per heavy atom. The quantitative estimate of drug-likeness (QED) is 0.281. The summed E-state index contributed by atoms with van der Waals surface area (Å²) in [6.07, 6.45) is 0. The smallest absolute Gasteiger partial charge is 0.228 e. The van der Waals surface area contributed by atoms with E-state index in [0.717, 1.165) is 21.9 Å². The third-order valence-corrected chi connectivity index (χ3v) is 6.11. The Bertz CT molecular complexity index is 1430. The van der Waals surface area contributed by atoms with Crippen LogP contribution in [0.4, 0.5) is 0 Å². The maximum absolute atomic E-state index is 13.1. The van der Waals surface area contributed by atoms with Crippen LogP contribution in [0.1, 0.15) is 43.4 Å². The number of rotatable bonds is 6. The van der Waals surface area contributed by atoms with E-state index >= 15 is 0 Å². The lowest BCUT2D eigenvalue weighted by Crippen LogP contribution is -2.01. The molecule has 0 unspecified atom stereocenters. The Morgan fingerprint density at radius 3 is 1.35 bits per heavy atom. The van der Waals surface area contributed by atoms with Crippen LogP contribution in [0.15, 0.2) is 69.5 Å². The van der Waals surface area contributed by atoms with Crippen LogP contribution in [0.25, 0.3) is 21.9 Å². The summed E-state index contributed by atoms with van der Waals surface area (Å²) < 4.78 is 22.2. The number of hydrogen-bond acceptors (Lipinski definition) is 6. The molecule has 0 aliphatic heterocycles. The topological polar surface area (TPSA) is 78.9 Å². The first-order valence-corrected chi connectivity index (χ1v) is 10.7. The van der Waals surface area contributed by atoms with E-state index in [1.807, 2.05) is 19.9 Å². The summed E-state index contributed by atoms with van der Waals surface area (Å²) in [5.74, 6) is 1.49. The molecule has 0 N–H and O–H groups in total. The van der Waals surface area contributed by atoms with E-state index in [4.69, 9.17) is 18.3 Å². The number of ether oxygens (including phenoxy) is 2. The van der Waals surface area contributed by atoms with Crippen LogP contribution in [-0.4, -0.2) is 25.8 Å². The van der Waals surface area contributed by atoms with Crippen LogP contribution in [0, 0.1) is 13.8 Å². The van der Waals surface area contributed by atoms with Gasteiger partial charge in [0, 0.05) is 39.1 Å². The monoisotopic (exact) mass is 454 g/mol. The van der Waals surface area contributed by atoms with E-state index in [1.54, 1.807) is 68.8 Å². The molecule has 0 saturated carbocycles. The average molecular weight is 454 g/mol. The van der Waals surface area contributed by atoms with Gasteiger partial charge in [-0.05, 0) is 68.4 Å². The van der Waals surface area contributed by atoms with Crippen LogP contribution in [0.2, 0.25) is 0 Å². The van der Waals surface area contributed by atoms with Crippen molar-refractivity contribution in [3.8, 4) is 11.5 Å². The fourth-order valence-corrected chi connectivity index (χ4v) is 4.11. The number of carbonyl (C=O) groups excluding carboxylic acids is 2. The lowest BCUT2D eigenvalue weighted by atomic mass is 10.0. The summed E-state index contributed by atoms with van der Waals surface area (Å²) in [6.45, 7) is 3.71. The highest BCUT2D eigenvalue weighted by atomic mass is 16.5. The fraction of sp³-hybridized carbons (Fsp3) is 0.143. The highest BCUT2D eigenvalue weighted by Gasteiger charge is 2.24. The van der Waals surface area contributed by atoms with Crippen molar-refractivity contribution in [1.29, 1.82) is 0 Å².